The molecule has 0 atom stereocenters. The molecule has 0 saturated heterocycles. The Morgan fingerprint density at radius 1 is 1.46 bits per heavy atom. The fraction of sp³-hybridized carbons (Fsp3) is 0.333. The molecule has 0 saturated carbocycles. The molecule has 1 heterocycles. The van der Waals surface area contributed by atoms with E-state index in [1.807, 2.05) is 19.9 Å². The molecule has 1 rings (SSSR count). The Morgan fingerprint density at radius 3 is 2.46 bits per heavy atom. The number of aryl methyl sites for hydroxylation is 2. The Balaban J connectivity index is 2.80. The molecule has 1 N–H and O–H groups in total. The minimum atomic E-state index is -1.36. The van der Waals surface area contributed by atoms with Crippen LogP contribution in [-0.4, -0.2) is 16.9 Å². The Labute approximate surface area is 80.0 Å². The third kappa shape index (κ3) is 2.39. The van der Waals surface area contributed by atoms with E-state index in [9.17, 15) is 9.59 Å². The molecule has 1 aromatic rings. The summed E-state index contributed by atoms with van der Waals surface area (Å²) in [5, 5.41) is 8.39. The van der Waals surface area contributed by atoms with Crippen molar-refractivity contribution in [2.24, 2.45) is 0 Å². The summed E-state index contributed by atoms with van der Waals surface area (Å²) in [6.45, 7) is 3.83. The largest absolute Gasteiger partial charge is 0.475 e. The maximum Gasteiger partial charge on any atom is 0.372 e. The highest BCUT2D eigenvalue weighted by atomic mass is 32.1. The number of rotatable bonds is 3. The summed E-state index contributed by atoms with van der Waals surface area (Å²) in [7, 11) is 0. The first-order chi connectivity index (χ1) is 6.00. The van der Waals surface area contributed by atoms with Crippen LogP contribution in [0.15, 0.2) is 6.07 Å². The fourth-order valence-corrected chi connectivity index (χ4v) is 2.05. The predicted octanol–water partition coefficient (Wildman–Crippen LogP) is 1.56. The lowest BCUT2D eigenvalue weighted by molar-refractivity contribution is -0.148. The van der Waals surface area contributed by atoms with Crippen LogP contribution in [0.3, 0.4) is 0 Å². The van der Waals surface area contributed by atoms with Crippen molar-refractivity contribution in [2.45, 2.75) is 20.3 Å². The molecule has 0 aromatic carbocycles. The van der Waals surface area contributed by atoms with Crippen molar-refractivity contribution in [1.82, 2.24) is 0 Å². The second kappa shape index (κ2) is 3.70. The molecule has 0 amide bonds. The van der Waals surface area contributed by atoms with Crippen molar-refractivity contribution in [3.8, 4) is 0 Å². The van der Waals surface area contributed by atoms with Crippen LogP contribution in [0.1, 0.15) is 15.3 Å². The number of aliphatic carboxylic acids is 1. The fourth-order valence-electron chi connectivity index (χ4n) is 1.11. The van der Waals surface area contributed by atoms with Crippen molar-refractivity contribution in [1.29, 1.82) is 0 Å². The van der Waals surface area contributed by atoms with Crippen LogP contribution in [0.2, 0.25) is 0 Å². The van der Waals surface area contributed by atoms with Crippen molar-refractivity contribution < 1.29 is 14.7 Å². The number of carbonyl (C=O) groups is 2. The van der Waals surface area contributed by atoms with E-state index in [2.05, 4.69) is 0 Å². The molecule has 0 radical (unpaired) electrons. The van der Waals surface area contributed by atoms with Gasteiger partial charge in [-0.05, 0) is 25.5 Å². The number of carboxylic acids is 1. The summed E-state index contributed by atoms with van der Waals surface area (Å²) in [6, 6.07) is 1.86. The van der Waals surface area contributed by atoms with Crippen molar-refractivity contribution >= 4 is 23.1 Å². The van der Waals surface area contributed by atoms with Gasteiger partial charge in [-0.25, -0.2) is 4.79 Å². The summed E-state index contributed by atoms with van der Waals surface area (Å²) in [5.41, 5.74) is 0.829. The maximum atomic E-state index is 10.9. The molecule has 0 unspecified atom stereocenters. The van der Waals surface area contributed by atoms with Gasteiger partial charge in [0, 0.05) is 16.2 Å². The lowest BCUT2D eigenvalue weighted by Gasteiger charge is -1.94. The normalized spacial score (nSPS) is 10.0. The standard InChI is InChI=1S/C9H10O3S/c1-5-3-7(6(2)13-5)4-8(10)9(11)12/h3H,4H2,1-2H3,(H,11,12). The zero-order chi connectivity index (χ0) is 10.0. The van der Waals surface area contributed by atoms with Gasteiger partial charge < -0.3 is 5.11 Å². The molecule has 0 fully saturated rings. The van der Waals surface area contributed by atoms with Gasteiger partial charge in [0.1, 0.15) is 0 Å². The van der Waals surface area contributed by atoms with E-state index in [4.69, 9.17) is 5.11 Å². The highest BCUT2D eigenvalue weighted by Gasteiger charge is 2.14. The summed E-state index contributed by atoms with van der Waals surface area (Å²) >= 11 is 1.58. The zero-order valence-electron chi connectivity index (χ0n) is 7.46. The molecule has 13 heavy (non-hydrogen) atoms. The monoisotopic (exact) mass is 198 g/mol. The second-order valence-corrected chi connectivity index (χ2v) is 4.30. The van der Waals surface area contributed by atoms with E-state index in [1.165, 1.54) is 0 Å². The molecular weight excluding hydrogens is 188 g/mol. The smallest absolute Gasteiger partial charge is 0.372 e. The number of hydrogen-bond acceptors (Lipinski definition) is 3. The van der Waals surface area contributed by atoms with E-state index in [0.717, 1.165) is 15.3 Å². The van der Waals surface area contributed by atoms with Gasteiger partial charge in [0.25, 0.3) is 0 Å². The topological polar surface area (TPSA) is 54.4 Å². The molecule has 0 spiro atoms. The summed E-state index contributed by atoms with van der Waals surface area (Å²) in [6.07, 6.45) is 0.00546. The lowest BCUT2D eigenvalue weighted by Crippen LogP contribution is -2.14. The van der Waals surface area contributed by atoms with Crippen molar-refractivity contribution in [3.05, 3.63) is 21.4 Å². The average Bonchev–Trinajstić information content (AvgIpc) is 2.30. The van der Waals surface area contributed by atoms with E-state index >= 15 is 0 Å². The minimum absolute atomic E-state index is 0.00546. The Kier molecular flexibility index (Phi) is 2.83. The van der Waals surface area contributed by atoms with Crippen LogP contribution in [0, 0.1) is 13.8 Å². The first kappa shape index (κ1) is 9.92. The van der Waals surface area contributed by atoms with Crippen LogP contribution < -0.4 is 0 Å². The van der Waals surface area contributed by atoms with Crippen molar-refractivity contribution in [2.75, 3.05) is 0 Å². The molecule has 4 heteroatoms. The molecule has 0 aliphatic carbocycles. The molecule has 1 aromatic heterocycles. The third-order valence-electron chi connectivity index (χ3n) is 1.73. The summed E-state index contributed by atoms with van der Waals surface area (Å²) in [5.74, 6) is -2.11. The summed E-state index contributed by atoms with van der Waals surface area (Å²) in [4.78, 5) is 23.3. The number of thiophene rings is 1. The Bertz CT molecular complexity index is 352. The number of carboxylic acid groups (broad SMARTS) is 1. The van der Waals surface area contributed by atoms with E-state index < -0.39 is 11.8 Å². The summed E-state index contributed by atoms with van der Waals surface area (Å²) < 4.78 is 0. The minimum Gasteiger partial charge on any atom is -0.475 e. The predicted molar refractivity (Wildman–Crippen MR) is 50.1 cm³/mol. The molecule has 3 nitrogen and oxygen atoms in total. The SMILES string of the molecule is Cc1cc(CC(=O)C(=O)O)c(C)s1. The van der Waals surface area contributed by atoms with Gasteiger partial charge in [-0.2, -0.15) is 0 Å². The van der Waals surface area contributed by atoms with E-state index in [1.54, 1.807) is 11.3 Å². The van der Waals surface area contributed by atoms with Gasteiger partial charge in [0.2, 0.25) is 5.78 Å². The second-order valence-electron chi connectivity index (χ2n) is 2.84. The quantitative estimate of drug-likeness (QED) is 0.750. The average molecular weight is 198 g/mol. The van der Waals surface area contributed by atoms with Gasteiger partial charge in [-0.15, -0.1) is 11.3 Å². The number of ketones is 1. The first-order valence-corrected chi connectivity index (χ1v) is 4.64. The number of carbonyl (C=O) groups excluding carboxylic acids is 1. The van der Waals surface area contributed by atoms with Crippen LogP contribution in [0.4, 0.5) is 0 Å². The molecule has 70 valence electrons. The van der Waals surface area contributed by atoms with Crippen molar-refractivity contribution in [3.63, 3.8) is 0 Å². The van der Waals surface area contributed by atoms with Gasteiger partial charge in [-0.1, -0.05) is 0 Å². The van der Waals surface area contributed by atoms with Crippen LogP contribution in [-0.2, 0) is 16.0 Å². The van der Waals surface area contributed by atoms with Crippen LogP contribution in [0.25, 0.3) is 0 Å². The lowest BCUT2D eigenvalue weighted by atomic mass is 10.1. The first-order valence-electron chi connectivity index (χ1n) is 3.82. The maximum absolute atomic E-state index is 10.9. The van der Waals surface area contributed by atoms with E-state index in [-0.39, 0.29) is 6.42 Å². The third-order valence-corrected chi connectivity index (χ3v) is 2.74. The molecule has 0 aliphatic heterocycles. The molecule has 0 aliphatic rings. The van der Waals surface area contributed by atoms with Gasteiger partial charge in [0.15, 0.2) is 0 Å². The van der Waals surface area contributed by atoms with E-state index in [0.29, 0.717) is 0 Å². The highest BCUT2D eigenvalue weighted by Crippen LogP contribution is 2.20. The molecular formula is C9H10O3S. The highest BCUT2D eigenvalue weighted by molar-refractivity contribution is 7.12. The van der Waals surface area contributed by atoms with Gasteiger partial charge in [-0.3, -0.25) is 4.79 Å². The van der Waals surface area contributed by atoms with Gasteiger partial charge in [0.05, 0.1) is 0 Å². The zero-order valence-corrected chi connectivity index (χ0v) is 8.27. The van der Waals surface area contributed by atoms with Crippen LogP contribution in [0.5, 0.6) is 0 Å². The Hall–Kier alpha value is -1.16. The van der Waals surface area contributed by atoms with Crippen LogP contribution >= 0.6 is 11.3 Å². The number of hydrogen-bond donors (Lipinski definition) is 1. The Morgan fingerprint density at radius 2 is 2.08 bits per heavy atom. The number of Topliss-reactive ketones (excluding diaryl/α,β-unsaturated/α-hetero) is 1. The molecule has 0 bridgehead atoms. The van der Waals surface area contributed by atoms with Gasteiger partial charge >= 0.3 is 5.97 Å².